The molecule has 0 fully saturated rings. The van der Waals surface area contributed by atoms with E-state index in [-0.39, 0.29) is 5.56 Å². The summed E-state index contributed by atoms with van der Waals surface area (Å²) in [5, 5.41) is 10.8. The molecule has 0 saturated heterocycles. The molecule has 0 aromatic heterocycles. The average Bonchev–Trinajstić information content (AvgIpc) is 2.35. The van der Waals surface area contributed by atoms with E-state index in [2.05, 4.69) is 15.9 Å². The predicted octanol–water partition coefficient (Wildman–Crippen LogP) is 4.63. The molecule has 1 N–H and O–H groups in total. The van der Waals surface area contributed by atoms with Crippen LogP contribution in [0.5, 0.6) is 0 Å². The van der Waals surface area contributed by atoms with Gasteiger partial charge in [-0.25, -0.2) is 4.39 Å². The number of benzene rings is 2. The minimum Gasteiger partial charge on any atom is -0.384 e. The van der Waals surface area contributed by atoms with Crippen LogP contribution in [0.1, 0.15) is 22.8 Å². The molecular formula is C14H11BrClFO. The number of aliphatic hydroxyl groups excluding tert-OH is 1. The highest BCUT2D eigenvalue weighted by Crippen LogP contribution is 2.29. The zero-order valence-corrected chi connectivity index (χ0v) is 12.0. The molecule has 1 nitrogen and oxygen atoms in total. The van der Waals surface area contributed by atoms with Crippen LogP contribution in [0.4, 0.5) is 4.39 Å². The fraction of sp³-hybridized carbons (Fsp3) is 0.143. The number of aliphatic hydroxyl groups is 1. The van der Waals surface area contributed by atoms with Crippen LogP contribution in [0, 0.1) is 12.7 Å². The molecule has 2 aromatic carbocycles. The third-order valence-corrected chi connectivity index (χ3v) is 3.67. The first kappa shape index (κ1) is 13.5. The molecule has 0 radical (unpaired) electrons. The number of halogens is 3. The number of rotatable bonds is 2. The maximum Gasteiger partial charge on any atom is 0.129 e. The lowest BCUT2D eigenvalue weighted by atomic mass is 9.99. The summed E-state index contributed by atoms with van der Waals surface area (Å²) in [4.78, 5) is 0. The normalized spacial score (nSPS) is 12.5. The molecular weight excluding hydrogens is 319 g/mol. The van der Waals surface area contributed by atoms with Crippen LogP contribution in [-0.4, -0.2) is 5.11 Å². The van der Waals surface area contributed by atoms with Crippen molar-refractivity contribution >= 4 is 27.5 Å². The Morgan fingerprint density at radius 3 is 2.61 bits per heavy atom. The summed E-state index contributed by atoms with van der Waals surface area (Å²) in [6.45, 7) is 1.84. The van der Waals surface area contributed by atoms with E-state index in [1.165, 1.54) is 6.07 Å². The van der Waals surface area contributed by atoms with Crippen molar-refractivity contribution in [2.45, 2.75) is 13.0 Å². The second kappa shape index (κ2) is 5.39. The summed E-state index contributed by atoms with van der Waals surface area (Å²) in [6, 6.07) is 9.65. The summed E-state index contributed by atoms with van der Waals surface area (Å²) in [6.07, 6.45) is -1.00. The molecule has 94 valence electrons. The van der Waals surface area contributed by atoms with Gasteiger partial charge < -0.3 is 5.11 Å². The highest BCUT2D eigenvalue weighted by Gasteiger charge is 2.16. The van der Waals surface area contributed by atoms with Gasteiger partial charge in [0.05, 0.1) is 0 Å². The molecule has 18 heavy (non-hydrogen) atoms. The molecule has 0 aliphatic carbocycles. The summed E-state index contributed by atoms with van der Waals surface area (Å²) >= 11 is 9.19. The van der Waals surface area contributed by atoms with Crippen LogP contribution in [-0.2, 0) is 0 Å². The Hall–Kier alpha value is -0.900. The van der Waals surface area contributed by atoms with Gasteiger partial charge in [0.2, 0.25) is 0 Å². The molecule has 2 rings (SSSR count). The smallest absolute Gasteiger partial charge is 0.129 e. The van der Waals surface area contributed by atoms with Crippen LogP contribution >= 0.6 is 27.5 Å². The Bertz CT molecular complexity index is 586. The van der Waals surface area contributed by atoms with Crippen LogP contribution < -0.4 is 0 Å². The van der Waals surface area contributed by atoms with E-state index in [1.807, 2.05) is 6.92 Å². The van der Waals surface area contributed by atoms with Crippen LogP contribution in [0.2, 0.25) is 5.02 Å². The van der Waals surface area contributed by atoms with E-state index in [1.54, 1.807) is 30.3 Å². The molecule has 0 aliphatic rings. The first-order valence-corrected chi connectivity index (χ1v) is 6.55. The van der Waals surface area contributed by atoms with Crippen molar-refractivity contribution in [3.8, 4) is 0 Å². The average molecular weight is 330 g/mol. The number of aryl methyl sites for hydroxylation is 1. The van der Waals surface area contributed by atoms with E-state index >= 15 is 0 Å². The van der Waals surface area contributed by atoms with Gasteiger partial charge in [-0.05, 0) is 42.3 Å². The molecule has 0 amide bonds. The van der Waals surface area contributed by atoms with Crippen molar-refractivity contribution in [1.82, 2.24) is 0 Å². The van der Waals surface area contributed by atoms with E-state index in [9.17, 15) is 9.50 Å². The molecule has 0 spiro atoms. The zero-order valence-electron chi connectivity index (χ0n) is 9.62. The van der Waals surface area contributed by atoms with Gasteiger partial charge in [-0.1, -0.05) is 39.7 Å². The standard InChI is InChI=1S/C14H11BrClFO/c1-8-6-9(2-4-12(8)16)14(18)11-7-10(15)3-5-13(11)17/h2-7,14,18H,1H3. The van der Waals surface area contributed by atoms with Gasteiger partial charge in [-0.2, -0.15) is 0 Å². The van der Waals surface area contributed by atoms with E-state index in [0.717, 1.165) is 10.0 Å². The first-order chi connectivity index (χ1) is 8.49. The molecule has 1 unspecified atom stereocenters. The largest absolute Gasteiger partial charge is 0.384 e. The third-order valence-electron chi connectivity index (χ3n) is 2.75. The Balaban J connectivity index is 2.44. The monoisotopic (exact) mass is 328 g/mol. The van der Waals surface area contributed by atoms with Gasteiger partial charge in [0, 0.05) is 15.1 Å². The van der Waals surface area contributed by atoms with E-state index < -0.39 is 11.9 Å². The summed E-state index contributed by atoms with van der Waals surface area (Å²) in [5.41, 5.74) is 1.71. The Morgan fingerprint density at radius 1 is 1.22 bits per heavy atom. The highest BCUT2D eigenvalue weighted by molar-refractivity contribution is 9.10. The van der Waals surface area contributed by atoms with Gasteiger partial charge in [-0.15, -0.1) is 0 Å². The van der Waals surface area contributed by atoms with Crippen LogP contribution in [0.15, 0.2) is 40.9 Å². The molecule has 2 aromatic rings. The lowest BCUT2D eigenvalue weighted by Gasteiger charge is -2.14. The topological polar surface area (TPSA) is 20.2 Å². The maximum atomic E-state index is 13.7. The minimum atomic E-state index is -1.00. The van der Waals surface area contributed by atoms with Crippen molar-refractivity contribution in [1.29, 1.82) is 0 Å². The molecule has 4 heteroatoms. The van der Waals surface area contributed by atoms with Crippen molar-refractivity contribution in [2.75, 3.05) is 0 Å². The molecule has 0 bridgehead atoms. The second-order valence-electron chi connectivity index (χ2n) is 4.08. The SMILES string of the molecule is Cc1cc(C(O)c2cc(Br)ccc2F)ccc1Cl. The van der Waals surface area contributed by atoms with Crippen molar-refractivity contribution in [3.63, 3.8) is 0 Å². The van der Waals surface area contributed by atoms with Crippen molar-refractivity contribution < 1.29 is 9.50 Å². The van der Waals surface area contributed by atoms with Gasteiger partial charge in [0.15, 0.2) is 0 Å². The molecule has 0 aliphatic heterocycles. The summed E-state index contributed by atoms with van der Waals surface area (Å²) < 4.78 is 14.4. The van der Waals surface area contributed by atoms with Crippen LogP contribution in [0.3, 0.4) is 0 Å². The molecule has 0 saturated carbocycles. The zero-order chi connectivity index (χ0) is 13.3. The van der Waals surface area contributed by atoms with Crippen molar-refractivity contribution in [3.05, 3.63) is 68.4 Å². The first-order valence-electron chi connectivity index (χ1n) is 5.38. The lowest BCUT2D eigenvalue weighted by Crippen LogP contribution is -2.03. The summed E-state index contributed by atoms with van der Waals surface area (Å²) in [7, 11) is 0. The second-order valence-corrected chi connectivity index (χ2v) is 5.40. The quantitative estimate of drug-likeness (QED) is 0.851. The number of hydrogen-bond donors (Lipinski definition) is 1. The third kappa shape index (κ3) is 2.74. The van der Waals surface area contributed by atoms with Gasteiger partial charge >= 0.3 is 0 Å². The maximum absolute atomic E-state index is 13.7. The fourth-order valence-corrected chi connectivity index (χ4v) is 2.24. The van der Waals surface area contributed by atoms with Crippen molar-refractivity contribution in [2.24, 2.45) is 0 Å². The van der Waals surface area contributed by atoms with Gasteiger partial charge in [0.1, 0.15) is 11.9 Å². The Kier molecular flexibility index (Phi) is 4.05. The van der Waals surface area contributed by atoms with E-state index in [4.69, 9.17) is 11.6 Å². The fourth-order valence-electron chi connectivity index (χ4n) is 1.74. The number of hydrogen-bond acceptors (Lipinski definition) is 1. The van der Waals surface area contributed by atoms with Crippen LogP contribution in [0.25, 0.3) is 0 Å². The van der Waals surface area contributed by atoms with Gasteiger partial charge in [0.25, 0.3) is 0 Å². The minimum absolute atomic E-state index is 0.242. The molecule has 0 heterocycles. The van der Waals surface area contributed by atoms with Gasteiger partial charge in [-0.3, -0.25) is 0 Å². The highest BCUT2D eigenvalue weighted by atomic mass is 79.9. The Labute approximate surface area is 118 Å². The summed E-state index contributed by atoms with van der Waals surface area (Å²) in [5.74, 6) is -0.432. The Morgan fingerprint density at radius 2 is 1.94 bits per heavy atom. The van der Waals surface area contributed by atoms with E-state index in [0.29, 0.717) is 10.6 Å². The lowest BCUT2D eigenvalue weighted by molar-refractivity contribution is 0.215. The predicted molar refractivity (Wildman–Crippen MR) is 74.4 cm³/mol. The molecule has 1 atom stereocenters.